The summed E-state index contributed by atoms with van der Waals surface area (Å²) in [4.78, 5) is 0. The van der Waals surface area contributed by atoms with Crippen LogP contribution in [0, 0.1) is 0 Å². The third kappa shape index (κ3) is 20.8. The highest BCUT2D eigenvalue weighted by molar-refractivity contribution is 9.09. The smallest absolute Gasteiger partial charge is 0.145 e. The highest BCUT2D eigenvalue weighted by Gasteiger charge is 2.32. The zero-order chi connectivity index (χ0) is 27.5. The Bertz CT molecular complexity index is 419. The van der Waals surface area contributed by atoms with Gasteiger partial charge in [-0.3, -0.25) is 0 Å². The van der Waals surface area contributed by atoms with Crippen LogP contribution in [0.15, 0.2) is 0 Å². The first kappa shape index (κ1) is 38.3. The number of hydrogen-bond acceptors (Lipinski definition) is 7. The van der Waals surface area contributed by atoms with E-state index in [0.29, 0.717) is 0 Å². The molecule has 0 aromatic heterocycles. The summed E-state index contributed by atoms with van der Waals surface area (Å²) in [7, 11) is 5.02. The third-order valence-corrected chi connectivity index (χ3v) is 15.9. The molecular formula is C28H62O4S3Si2. The average Bonchev–Trinajstić information content (AvgIpc) is 2.90. The second kappa shape index (κ2) is 27.5. The van der Waals surface area contributed by atoms with Crippen LogP contribution in [0.25, 0.3) is 0 Å². The van der Waals surface area contributed by atoms with E-state index in [2.05, 4.69) is 41.5 Å². The monoisotopic (exact) mass is 614 g/mol. The lowest BCUT2D eigenvalue weighted by Gasteiger charge is -2.34. The highest BCUT2D eigenvalue weighted by Crippen LogP contribution is 2.38. The van der Waals surface area contributed by atoms with Gasteiger partial charge in [-0.2, -0.15) is 0 Å². The topological polar surface area (TPSA) is 36.9 Å². The molecule has 0 N–H and O–H groups in total. The molecule has 0 aromatic rings. The van der Waals surface area contributed by atoms with E-state index in [1.807, 2.05) is 31.4 Å². The molecule has 0 radical (unpaired) electrons. The summed E-state index contributed by atoms with van der Waals surface area (Å²) in [5.74, 6) is 2.17. The molecule has 0 saturated heterocycles. The minimum Gasteiger partial charge on any atom is -0.354 e. The van der Waals surface area contributed by atoms with Crippen LogP contribution in [0.4, 0.5) is 0 Å². The van der Waals surface area contributed by atoms with Crippen LogP contribution in [0.3, 0.4) is 0 Å². The second-order valence-corrected chi connectivity index (χ2v) is 19.1. The van der Waals surface area contributed by atoms with Crippen molar-refractivity contribution in [3.05, 3.63) is 0 Å². The summed E-state index contributed by atoms with van der Waals surface area (Å²) >= 11 is 0. The fourth-order valence-corrected chi connectivity index (χ4v) is 12.2. The van der Waals surface area contributed by atoms with Crippen molar-refractivity contribution in [1.82, 2.24) is 0 Å². The van der Waals surface area contributed by atoms with Crippen molar-refractivity contribution in [1.29, 1.82) is 0 Å². The SMILES string of the molecule is CCCCOC(CCSSSCCC(OCCCC)(OCCCC)[SiH2]CCC)(OCCCC)[SiH2]CCC. The van der Waals surface area contributed by atoms with Gasteiger partial charge in [0.15, 0.2) is 0 Å². The van der Waals surface area contributed by atoms with Crippen LogP contribution in [-0.2, 0) is 18.9 Å². The fourth-order valence-electron chi connectivity index (χ4n) is 3.91. The van der Waals surface area contributed by atoms with Gasteiger partial charge in [0, 0.05) is 50.8 Å². The summed E-state index contributed by atoms with van der Waals surface area (Å²) in [6.45, 7) is 16.9. The van der Waals surface area contributed by atoms with Crippen molar-refractivity contribution in [2.24, 2.45) is 0 Å². The van der Waals surface area contributed by atoms with Crippen LogP contribution in [0.1, 0.15) is 119 Å². The van der Waals surface area contributed by atoms with Crippen molar-refractivity contribution in [3.8, 4) is 0 Å². The lowest BCUT2D eigenvalue weighted by atomic mass is 10.3. The molecule has 0 unspecified atom stereocenters. The predicted molar refractivity (Wildman–Crippen MR) is 178 cm³/mol. The minimum absolute atomic E-state index is 0.264. The van der Waals surface area contributed by atoms with Gasteiger partial charge in [-0.25, -0.2) is 0 Å². The van der Waals surface area contributed by atoms with Gasteiger partial charge in [-0.1, -0.05) is 114 Å². The molecule has 224 valence electrons. The predicted octanol–water partition coefficient (Wildman–Crippen LogP) is 8.36. The molecular weight excluding hydrogens is 553 g/mol. The molecule has 37 heavy (non-hydrogen) atoms. The molecule has 0 amide bonds. The average molecular weight is 615 g/mol. The van der Waals surface area contributed by atoms with E-state index in [9.17, 15) is 0 Å². The van der Waals surface area contributed by atoms with E-state index in [0.717, 1.165) is 76.5 Å². The van der Waals surface area contributed by atoms with E-state index in [4.69, 9.17) is 18.9 Å². The Morgan fingerprint density at radius 3 is 1.08 bits per heavy atom. The van der Waals surface area contributed by atoms with E-state index in [-0.39, 0.29) is 10.8 Å². The molecule has 0 aromatic carbocycles. The number of hydrogen-bond donors (Lipinski definition) is 0. The molecule has 0 aliphatic heterocycles. The second-order valence-electron chi connectivity index (χ2n) is 10.0. The highest BCUT2D eigenvalue weighted by atomic mass is 33.5. The van der Waals surface area contributed by atoms with Gasteiger partial charge < -0.3 is 18.9 Å². The Labute approximate surface area is 247 Å². The van der Waals surface area contributed by atoms with Crippen LogP contribution in [0.2, 0.25) is 12.1 Å². The quantitative estimate of drug-likeness (QED) is 0.0348. The number of rotatable bonds is 30. The minimum atomic E-state index is -0.432. The zero-order valence-corrected chi connectivity index (χ0v) is 30.7. The molecule has 0 saturated carbocycles. The normalized spacial score (nSPS) is 13.1. The summed E-state index contributed by atoms with van der Waals surface area (Å²) < 4.78 is 26.0. The van der Waals surface area contributed by atoms with Gasteiger partial charge in [-0.15, -0.1) is 0 Å². The van der Waals surface area contributed by atoms with Gasteiger partial charge in [0.1, 0.15) is 10.8 Å². The molecule has 0 bridgehead atoms. The van der Waals surface area contributed by atoms with Gasteiger partial charge >= 0.3 is 0 Å². The van der Waals surface area contributed by atoms with E-state index < -0.39 is 19.0 Å². The Hall–Kier alpha value is 1.32. The van der Waals surface area contributed by atoms with Gasteiger partial charge in [0.2, 0.25) is 0 Å². The van der Waals surface area contributed by atoms with Gasteiger partial charge in [0.25, 0.3) is 0 Å². The maximum atomic E-state index is 6.50. The molecule has 0 aliphatic rings. The number of unbranched alkanes of at least 4 members (excludes halogenated alkanes) is 4. The first-order chi connectivity index (χ1) is 18.1. The van der Waals surface area contributed by atoms with Crippen molar-refractivity contribution in [2.75, 3.05) is 37.9 Å². The lowest BCUT2D eigenvalue weighted by molar-refractivity contribution is -0.183. The van der Waals surface area contributed by atoms with Crippen molar-refractivity contribution >= 4 is 50.5 Å². The lowest BCUT2D eigenvalue weighted by Crippen LogP contribution is -2.43. The van der Waals surface area contributed by atoms with Crippen molar-refractivity contribution in [2.45, 2.75) is 142 Å². The maximum absolute atomic E-state index is 6.50. The summed E-state index contributed by atoms with van der Waals surface area (Å²) in [5.41, 5.74) is -0.528. The maximum Gasteiger partial charge on any atom is 0.145 e. The molecule has 0 rings (SSSR count). The summed E-state index contributed by atoms with van der Waals surface area (Å²) in [5, 5.41) is 0. The Morgan fingerprint density at radius 1 is 0.486 bits per heavy atom. The standard InChI is InChI=1S/C28H62O4S3Si2/c1-7-13-19-29-27(36-25-11-5,30-20-14-8-2)17-23-33-35-34-24-18-28(37-26-12-6,31-21-15-9-3)32-22-16-10-4/h7-26,36-37H2,1-6H3. The van der Waals surface area contributed by atoms with Crippen LogP contribution >= 0.6 is 31.4 Å². The van der Waals surface area contributed by atoms with Crippen LogP contribution in [0.5, 0.6) is 0 Å². The van der Waals surface area contributed by atoms with Gasteiger partial charge in [0.05, 0.1) is 19.0 Å². The molecule has 4 nitrogen and oxygen atoms in total. The van der Waals surface area contributed by atoms with E-state index in [1.54, 1.807) is 0 Å². The van der Waals surface area contributed by atoms with Crippen LogP contribution in [-0.4, -0.2) is 67.8 Å². The molecule has 0 aliphatic carbocycles. The molecule has 0 fully saturated rings. The van der Waals surface area contributed by atoms with E-state index >= 15 is 0 Å². The Balaban J connectivity index is 4.78. The molecule has 9 heteroatoms. The molecule has 0 spiro atoms. The molecule has 0 heterocycles. The largest absolute Gasteiger partial charge is 0.354 e. The molecule has 0 atom stereocenters. The Morgan fingerprint density at radius 2 is 0.811 bits per heavy atom. The zero-order valence-electron chi connectivity index (χ0n) is 25.4. The Kier molecular flexibility index (Phi) is 28.5. The number of ether oxygens (including phenoxy) is 4. The fraction of sp³-hybridized carbons (Fsp3) is 1.00. The summed E-state index contributed by atoms with van der Waals surface area (Å²) in [6.07, 6.45) is 13.7. The van der Waals surface area contributed by atoms with E-state index in [1.165, 1.54) is 50.6 Å². The van der Waals surface area contributed by atoms with Gasteiger partial charge in [-0.05, 0) is 35.5 Å². The first-order valence-corrected chi connectivity index (χ1v) is 22.8. The van der Waals surface area contributed by atoms with Crippen molar-refractivity contribution in [3.63, 3.8) is 0 Å². The third-order valence-electron chi connectivity index (χ3n) is 6.50. The summed E-state index contributed by atoms with van der Waals surface area (Å²) in [6, 6.07) is 2.59. The van der Waals surface area contributed by atoms with Crippen LogP contribution < -0.4 is 0 Å². The first-order valence-electron chi connectivity index (χ1n) is 15.5. The van der Waals surface area contributed by atoms with Crippen molar-refractivity contribution < 1.29 is 18.9 Å².